The molecule has 1 unspecified atom stereocenters. The molecule has 0 spiro atoms. The molecule has 0 bridgehead atoms. The minimum atomic E-state index is -3.46. The molecule has 0 saturated carbocycles. The van der Waals surface area contributed by atoms with Crippen molar-refractivity contribution in [2.45, 2.75) is 36.8 Å². The Morgan fingerprint density at radius 3 is 2.58 bits per heavy atom. The van der Waals surface area contributed by atoms with E-state index in [1.54, 1.807) is 24.3 Å². The molecule has 0 amide bonds. The Morgan fingerprint density at radius 2 is 2.00 bits per heavy atom. The van der Waals surface area contributed by atoms with E-state index in [-0.39, 0.29) is 11.0 Å². The zero-order valence-corrected chi connectivity index (χ0v) is 11.7. The third-order valence-corrected chi connectivity index (χ3v) is 4.68. The first-order valence-corrected chi connectivity index (χ1v) is 8.00. The van der Waals surface area contributed by atoms with E-state index >= 15 is 0 Å². The van der Waals surface area contributed by atoms with Crippen LogP contribution >= 0.6 is 0 Å². The Morgan fingerprint density at radius 1 is 1.26 bits per heavy atom. The zero-order valence-electron chi connectivity index (χ0n) is 10.8. The minimum Gasteiger partial charge on any atom is -0.377 e. The van der Waals surface area contributed by atoms with Crippen LogP contribution in [0.5, 0.6) is 0 Å². The van der Waals surface area contributed by atoms with Crippen molar-refractivity contribution in [3.63, 3.8) is 0 Å². The summed E-state index contributed by atoms with van der Waals surface area (Å²) >= 11 is 0. The normalized spacial score (nSPS) is 20.4. The first-order chi connectivity index (χ1) is 9.12. The van der Waals surface area contributed by atoms with Crippen LogP contribution < -0.4 is 10.5 Å². The largest absolute Gasteiger partial charge is 0.377 e. The lowest BCUT2D eigenvalue weighted by Crippen LogP contribution is -2.35. The second kappa shape index (κ2) is 6.47. The van der Waals surface area contributed by atoms with Crippen LogP contribution in [0.25, 0.3) is 0 Å². The van der Waals surface area contributed by atoms with Gasteiger partial charge >= 0.3 is 0 Å². The van der Waals surface area contributed by atoms with Crippen LogP contribution in [0.2, 0.25) is 0 Å². The summed E-state index contributed by atoms with van der Waals surface area (Å²) in [6, 6.07) is 6.61. The molecule has 3 N–H and O–H groups in total. The summed E-state index contributed by atoms with van der Waals surface area (Å²) in [5, 5.41) is 0. The Kier molecular flexibility index (Phi) is 4.93. The van der Waals surface area contributed by atoms with Crippen LogP contribution in [0, 0.1) is 0 Å². The summed E-state index contributed by atoms with van der Waals surface area (Å²) < 4.78 is 32.3. The van der Waals surface area contributed by atoms with E-state index in [1.165, 1.54) is 0 Å². The first kappa shape index (κ1) is 14.5. The van der Waals surface area contributed by atoms with E-state index in [4.69, 9.17) is 10.5 Å². The quantitative estimate of drug-likeness (QED) is 0.845. The van der Waals surface area contributed by atoms with Gasteiger partial charge in [0.1, 0.15) is 0 Å². The number of sulfonamides is 1. The lowest BCUT2D eigenvalue weighted by atomic mass is 10.1. The van der Waals surface area contributed by atoms with Gasteiger partial charge in [0.05, 0.1) is 11.0 Å². The lowest BCUT2D eigenvalue weighted by molar-refractivity contribution is 0.0200. The van der Waals surface area contributed by atoms with Gasteiger partial charge in [-0.25, -0.2) is 13.1 Å². The van der Waals surface area contributed by atoms with Gasteiger partial charge in [0.2, 0.25) is 10.0 Å². The highest BCUT2D eigenvalue weighted by Gasteiger charge is 2.19. The number of nitrogens with one attached hydrogen (secondary N) is 1. The van der Waals surface area contributed by atoms with E-state index in [1.807, 2.05) is 0 Å². The van der Waals surface area contributed by atoms with Crippen molar-refractivity contribution in [2.75, 3.05) is 13.2 Å². The third-order valence-electron chi connectivity index (χ3n) is 3.24. The zero-order chi connectivity index (χ0) is 13.7. The van der Waals surface area contributed by atoms with Crippen molar-refractivity contribution in [1.82, 2.24) is 4.72 Å². The molecule has 1 heterocycles. The van der Waals surface area contributed by atoms with Crippen LogP contribution in [0.3, 0.4) is 0 Å². The van der Waals surface area contributed by atoms with E-state index in [0.717, 1.165) is 31.4 Å². The van der Waals surface area contributed by atoms with Crippen molar-refractivity contribution in [3.8, 4) is 0 Å². The fourth-order valence-electron chi connectivity index (χ4n) is 2.06. The van der Waals surface area contributed by atoms with Crippen LogP contribution in [-0.2, 0) is 21.3 Å². The van der Waals surface area contributed by atoms with E-state index in [2.05, 4.69) is 4.72 Å². The average molecular weight is 284 g/mol. The van der Waals surface area contributed by atoms with Crippen molar-refractivity contribution in [3.05, 3.63) is 29.8 Å². The van der Waals surface area contributed by atoms with Crippen molar-refractivity contribution in [1.29, 1.82) is 0 Å². The molecule has 1 aliphatic heterocycles. The molecule has 0 radical (unpaired) electrons. The SMILES string of the molecule is NCc1ccc(S(=O)(=O)NCC2CCCCO2)cc1. The van der Waals surface area contributed by atoms with Gasteiger partial charge in [-0.1, -0.05) is 12.1 Å². The van der Waals surface area contributed by atoms with Crippen molar-refractivity contribution >= 4 is 10.0 Å². The topological polar surface area (TPSA) is 81.4 Å². The molecular formula is C13H20N2O3S. The van der Waals surface area contributed by atoms with Crippen LogP contribution in [0.15, 0.2) is 29.2 Å². The second-order valence-electron chi connectivity index (χ2n) is 4.69. The standard InChI is InChI=1S/C13H20N2O3S/c14-9-11-4-6-13(7-5-11)19(16,17)15-10-12-3-1-2-8-18-12/h4-7,12,15H,1-3,8-10,14H2. The Bertz CT molecular complexity index is 493. The number of hydrogen-bond acceptors (Lipinski definition) is 4. The van der Waals surface area contributed by atoms with Crippen LogP contribution in [0.1, 0.15) is 24.8 Å². The van der Waals surface area contributed by atoms with Gasteiger partial charge in [-0.05, 0) is 37.0 Å². The Balaban J connectivity index is 1.96. The molecule has 0 aliphatic carbocycles. The smallest absolute Gasteiger partial charge is 0.240 e. The minimum absolute atomic E-state index is 0.00756. The van der Waals surface area contributed by atoms with Gasteiger partial charge in [0, 0.05) is 19.7 Å². The van der Waals surface area contributed by atoms with Crippen LogP contribution in [-0.4, -0.2) is 27.7 Å². The van der Waals surface area contributed by atoms with E-state index in [0.29, 0.717) is 13.1 Å². The van der Waals surface area contributed by atoms with Gasteiger partial charge in [-0.2, -0.15) is 0 Å². The monoisotopic (exact) mass is 284 g/mol. The van der Waals surface area contributed by atoms with Crippen molar-refractivity contribution in [2.24, 2.45) is 5.73 Å². The molecule has 0 aromatic heterocycles. The number of benzene rings is 1. The van der Waals surface area contributed by atoms with Crippen LogP contribution in [0.4, 0.5) is 0 Å². The highest BCUT2D eigenvalue weighted by Crippen LogP contribution is 2.14. The molecule has 1 atom stereocenters. The molecule has 19 heavy (non-hydrogen) atoms. The fraction of sp³-hybridized carbons (Fsp3) is 0.538. The number of ether oxygens (including phenoxy) is 1. The number of nitrogens with two attached hydrogens (primary N) is 1. The predicted molar refractivity (Wildman–Crippen MR) is 73.1 cm³/mol. The molecule has 1 aliphatic rings. The van der Waals surface area contributed by atoms with E-state index < -0.39 is 10.0 Å². The maximum atomic E-state index is 12.1. The maximum Gasteiger partial charge on any atom is 0.240 e. The number of rotatable bonds is 5. The second-order valence-corrected chi connectivity index (χ2v) is 6.46. The summed E-state index contributed by atoms with van der Waals surface area (Å²) in [4.78, 5) is 0.264. The maximum absolute atomic E-state index is 12.1. The Labute approximate surface area is 114 Å². The highest BCUT2D eigenvalue weighted by molar-refractivity contribution is 7.89. The third kappa shape index (κ3) is 4.01. The summed E-state index contributed by atoms with van der Waals surface area (Å²) in [6.45, 7) is 1.46. The van der Waals surface area contributed by atoms with Gasteiger partial charge in [-0.3, -0.25) is 0 Å². The molecule has 1 saturated heterocycles. The van der Waals surface area contributed by atoms with E-state index in [9.17, 15) is 8.42 Å². The van der Waals surface area contributed by atoms with Gasteiger partial charge in [0.25, 0.3) is 0 Å². The molecule has 1 aromatic carbocycles. The molecular weight excluding hydrogens is 264 g/mol. The molecule has 1 fully saturated rings. The van der Waals surface area contributed by atoms with Crippen molar-refractivity contribution < 1.29 is 13.2 Å². The summed E-state index contributed by atoms with van der Waals surface area (Å²) in [7, 11) is -3.46. The molecule has 106 valence electrons. The highest BCUT2D eigenvalue weighted by atomic mass is 32.2. The average Bonchev–Trinajstić information content (AvgIpc) is 2.46. The summed E-state index contributed by atoms with van der Waals surface area (Å²) in [6.07, 6.45) is 3.06. The Hall–Kier alpha value is -0.950. The molecule has 1 aromatic rings. The van der Waals surface area contributed by atoms with Gasteiger partial charge in [-0.15, -0.1) is 0 Å². The molecule has 6 heteroatoms. The molecule has 2 rings (SSSR count). The van der Waals surface area contributed by atoms with Gasteiger partial charge in [0.15, 0.2) is 0 Å². The predicted octanol–water partition coefficient (Wildman–Crippen LogP) is 0.993. The first-order valence-electron chi connectivity index (χ1n) is 6.52. The number of hydrogen-bond donors (Lipinski definition) is 2. The molecule has 5 nitrogen and oxygen atoms in total. The summed E-state index contributed by atoms with van der Waals surface area (Å²) in [5.74, 6) is 0. The lowest BCUT2D eigenvalue weighted by Gasteiger charge is -2.22. The fourth-order valence-corrected chi connectivity index (χ4v) is 3.13. The summed E-state index contributed by atoms with van der Waals surface area (Å²) in [5.41, 5.74) is 6.40. The van der Waals surface area contributed by atoms with Gasteiger partial charge < -0.3 is 10.5 Å².